The third-order valence-corrected chi connectivity index (χ3v) is 4.59. The number of nitrogens with two attached hydrogens (primary N) is 1. The summed E-state index contributed by atoms with van der Waals surface area (Å²) in [6, 6.07) is 13.8. The Balaban J connectivity index is 1.82. The maximum Gasteiger partial charge on any atom is 0.238 e. The average molecular weight is 355 g/mol. The largest absolute Gasteiger partial charge is 0.492 e. The van der Waals surface area contributed by atoms with Crippen molar-refractivity contribution in [1.82, 2.24) is 4.90 Å². The van der Waals surface area contributed by atoms with Crippen molar-refractivity contribution in [2.75, 3.05) is 20.2 Å². The Labute approximate surface area is 141 Å². The maximum atomic E-state index is 11.2. The zero-order valence-corrected chi connectivity index (χ0v) is 14.3. The van der Waals surface area contributed by atoms with Gasteiger partial charge in [0.05, 0.1) is 4.90 Å². The van der Waals surface area contributed by atoms with Crippen LogP contribution in [0.5, 0.6) is 5.75 Å². The van der Waals surface area contributed by atoms with Gasteiger partial charge >= 0.3 is 0 Å². The van der Waals surface area contributed by atoms with E-state index in [-0.39, 0.29) is 4.90 Å². The molecule has 0 heterocycles. The summed E-state index contributed by atoms with van der Waals surface area (Å²) in [7, 11) is -1.69. The van der Waals surface area contributed by atoms with E-state index in [9.17, 15) is 8.42 Å². The van der Waals surface area contributed by atoms with Gasteiger partial charge in [0.2, 0.25) is 10.0 Å². The third kappa shape index (κ3) is 5.51. The van der Waals surface area contributed by atoms with E-state index in [0.717, 1.165) is 17.1 Å². The molecule has 0 aliphatic rings. The van der Waals surface area contributed by atoms with Crippen molar-refractivity contribution in [3.8, 4) is 5.75 Å². The number of rotatable bonds is 7. The highest BCUT2D eigenvalue weighted by atomic mass is 35.5. The maximum absolute atomic E-state index is 11.2. The normalized spacial score (nSPS) is 11.7. The number of halogens is 1. The summed E-state index contributed by atoms with van der Waals surface area (Å²) in [6.07, 6.45) is 0. The van der Waals surface area contributed by atoms with Gasteiger partial charge < -0.3 is 4.74 Å². The molecule has 7 heteroatoms. The molecule has 0 amide bonds. The number of benzene rings is 2. The molecule has 124 valence electrons. The molecule has 0 bridgehead atoms. The molecule has 0 saturated carbocycles. The highest BCUT2D eigenvalue weighted by Crippen LogP contribution is 2.17. The van der Waals surface area contributed by atoms with E-state index in [4.69, 9.17) is 21.5 Å². The van der Waals surface area contributed by atoms with Gasteiger partial charge in [-0.15, -0.1) is 0 Å². The number of ether oxygens (including phenoxy) is 1. The van der Waals surface area contributed by atoms with Crippen LogP contribution in [0.2, 0.25) is 5.02 Å². The molecule has 0 aliphatic carbocycles. The van der Waals surface area contributed by atoms with Gasteiger partial charge in [-0.1, -0.05) is 29.8 Å². The first-order chi connectivity index (χ1) is 10.9. The van der Waals surface area contributed by atoms with E-state index in [1.54, 1.807) is 12.1 Å². The van der Waals surface area contributed by atoms with Crippen LogP contribution in [0.25, 0.3) is 0 Å². The first kappa shape index (κ1) is 17.7. The van der Waals surface area contributed by atoms with Crippen LogP contribution in [-0.2, 0) is 16.6 Å². The fourth-order valence-corrected chi connectivity index (χ4v) is 2.75. The van der Waals surface area contributed by atoms with Crippen LogP contribution in [0.3, 0.4) is 0 Å². The molecule has 0 unspecified atom stereocenters. The van der Waals surface area contributed by atoms with Crippen LogP contribution >= 0.6 is 11.6 Å². The summed E-state index contributed by atoms with van der Waals surface area (Å²) in [5.41, 5.74) is 1.06. The molecule has 2 aromatic carbocycles. The Morgan fingerprint density at radius 1 is 1.13 bits per heavy atom. The summed E-state index contributed by atoms with van der Waals surface area (Å²) in [6.45, 7) is 1.92. The van der Waals surface area contributed by atoms with Crippen molar-refractivity contribution in [3.63, 3.8) is 0 Å². The molecule has 5 nitrogen and oxygen atoms in total. The van der Waals surface area contributed by atoms with Gasteiger partial charge in [0.25, 0.3) is 0 Å². The second-order valence-electron chi connectivity index (χ2n) is 5.19. The molecule has 0 aromatic heterocycles. The number of hydrogen-bond acceptors (Lipinski definition) is 4. The molecule has 2 N–H and O–H groups in total. The molecular weight excluding hydrogens is 336 g/mol. The summed E-state index contributed by atoms with van der Waals surface area (Å²) in [5.74, 6) is 0.601. The minimum atomic E-state index is -3.67. The van der Waals surface area contributed by atoms with Crippen molar-refractivity contribution in [1.29, 1.82) is 0 Å². The smallest absolute Gasteiger partial charge is 0.238 e. The van der Waals surface area contributed by atoms with Crippen LogP contribution in [0.15, 0.2) is 53.4 Å². The van der Waals surface area contributed by atoms with Gasteiger partial charge in [-0.2, -0.15) is 0 Å². The SMILES string of the molecule is CN(CCOc1ccc(S(N)(=O)=O)cc1)Cc1ccccc1Cl. The molecule has 0 aliphatic heterocycles. The van der Waals surface area contributed by atoms with Crippen LogP contribution in [0.1, 0.15) is 5.56 Å². The fraction of sp³-hybridized carbons (Fsp3) is 0.250. The average Bonchev–Trinajstić information content (AvgIpc) is 2.49. The van der Waals surface area contributed by atoms with Gasteiger partial charge in [-0.25, -0.2) is 13.6 Å². The molecule has 23 heavy (non-hydrogen) atoms. The van der Waals surface area contributed by atoms with Crippen molar-refractivity contribution in [2.24, 2.45) is 5.14 Å². The number of likely N-dealkylation sites (N-methyl/N-ethyl adjacent to an activating group) is 1. The van der Waals surface area contributed by atoms with E-state index >= 15 is 0 Å². The van der Waals surface area contributed by atoms with Crippen LogP contribution in [0.4, 0.5) is 0 Å². The summed E-state index contributed by atoms with van der Waals surface area (Å²) < 4.78 is 27.9. The second kappa shape index (κ2) is 7.79. The minimum absolute atomic E-state index is 0.0701. The zero-order valence-electron chi connectivity index (χ0n) is 12.8. The molecule has 0 fully saturated rings. The quantitative estimate of drug-likeness (QED) is 0.829. The molecular formula is C16H19ClN2O3S. The van der Waals surface area contributed by atoms with Crippen LogP contribution < -0.4 is 9.88 Å². The third-order valence-electron chi connectivity index (χ3n) is 3.29. The molecule has 0 saturated heterocycles. The number of nitrogens with zero attached hydrogens (tertiary/aromatic N) is 1. The Kier molecular flexibility index (Phi) is 6.01. The molecule has 2 rings (SSSR count). The predicted octanol–water partition coefficient (Wildman–Crippen LogP) is 2.50. The molecule has 2 aromatic rings. The Bertz CT molecular complexity index is 748. The minimum Gasteiger partial charge on any atom is -0.492 e. The standard InChI is InChI=1S/C16H19ClN2O3S/c1-19(12-13-4-2-3-5-16(13)17)10-11-22-14-6-8-15(9-7-14)23(18,20)21/h2-9H,10-12H2,1H3,(H2,18,20,21). The first-order valence-electron chi connectivity index (χ1n) is 7.04. The lowest BCUT2D eigenvalue weighted by Crippen LogP contribution is -2.24. The molecule has 0 spiro atoms. The fourth-order valence-electron chi connectivity index (χ4n) is 2.04. The van der Waals surface area contributed by atoms with Gasteiger partial charge in [-0.3, -0.25) is 4.90 Å². The zero-order chi connectivity index (χ0) is 16.9. The number of primary sulfonamides is 1. The van der Waals surface area contributed by atoms with Gasteiger partial charge in [-0.05, 0) is 42.9 Å². The van der Waals surface area contributed by atoms with E-state index < -0.39 is 10.0 Å². The predicted molar refractivity (Wildman–Crippen MR) is 91.1 cm³/mol. The Morgan fingerprint density at radius 2 is 1.78 bits per heavy atom. The van der Waals surface area contributed by atoms with Crippen molar-refractivity contribution >= 4 is 21.6 Å². The van der Waals surface area contributed by atoms with Crippen molar-refractivity contribution in [3.05, 3.63) is 59.1 Å². The summed E-state index contributed by atoms with van der Waals surface area (Å²) in [4.78, 5) is 2.17. The topological polar surface area (TPSA) is 72.6 Å². The Hall–Kier alpha value is -1.60. The van der Waals surface area contributed by atoms with Gasteiger partial charge in [0.15, 0.2) is 0 Å². The molecule has 0 radical (unpaired) electrons. The number of sulfonamides is 1. The Morgan fingerprint density at radius 3 is 2.39 bits per heavy atom. The van der Waals surface area contributed by atoms with E-state index in [1.807, 2.05) is 31.3 Å². The lowest BCUT2D eigenvalue weighted by atomic mass is 10.2. The summed E-state index contributed by atoms with van der Waals surface area (Å²) in [5, 5.41) is 5.80. The highest BCUT2D eigenvalue weighted by Gasteiger charge is 2.07. The van der Waals surface area contributed by atoms with Crippen LogP contribution in [0, 0.1) is 0 Å². The van der Waals surface area contributed by atoms with Crippen molar-refractivity contribution in [2.45, 2.75) is 11.4 Å². The monoisotopic (exact) mass is 354 g/mol. The lowest BCUT2D eigenvalue weighted by Gasteiger charge is -2.17. The van der Waals surface area contributed by atoms with Crippen molar-refractivity contribution < 1.29 is 13.2 Å². The highest BCUT2D eigenvalue weighted by molar-refractivity contribution is 7.89. The lowest BCUT2D eigenvalue weighted by molar-refractivity contribution is 0.233. The van der Waals surface area contributed by atoms with Gasteiger partial charge in [0, 0.05) is 18.1 Å². The van der Waals surface area contributed by atoms with E-state index in [0.29, 0.717) is 18.9 Å². The second-order valence-corrected chi connectivity index (χ2v) is 7.16. The number of hydrogen-bond donors (Lipinski definition) is 1. The van der Waals surface area contributed by atoms with E-state index in [2.05, 4.69) is 4.90 Å². The van der Waals surface area contributed by atoms with Gasteiger partial charge in [0.1, 0.15) is 12.4 Å². The first-order valence-corrected chi connectivity index (χ1v) is 8.96. The van der Waals surface area contributed by atoms with E-state index in [1.165, 1.54) is 12.1 Å². The molecule has 0 atom stereocenters. The van der Waals surface area contributed by atoms with Crippen LogP contribution in [-0.4, -0.2) is 33.5 Å². The summed E-state index contributed by atoms with van der Waals surface area (Å²) >= 11 is 6.13.